The van der Waals surface area contributed by atoms with Crippen LogP contribution in [0, 0.1) is 5.92 Å². The van der Waals surface area contributed by atoms with E-state index in [1.54, 1.807) is 6.07 Å². The van der Waals surface area contributed by atoms with Crippen molar-refractivity contribution >= 4 is 0 Å². The fourth-order valence-corrected chi connectivity index (χ4v) is 3.38. The number of phenolic OH excluding ortho intramolecular Hbond substituents is 1. The van der Waals surface area contributed by atoms with E-state index in [0.717, 1.165) is 19.6 Å². The van der Waals surface area contributed by atoms with Gasteiger partial charge in [-0.2, -0.15) is 0 Å². The fourth-order valence-electron chi connectivity index (χ4n) is 3.38. The Bertz CT molecular complexity index is 617. The van der Waals surface area contributed by atoms with Gasteiger partial charge in [-0.25, -0.2) is 0 Å². The van der Waals surface area contributed by atoms with E-state index in [9.17, 15) is 5.11 Å². The molecule has 2 heterocycles. The first-order valence-corrected chi connectivity index (χ1v) is 8.33. The van der Waals surface area contributed by atoms with Crippen LogP contribution in [-0.2, 0) is 6.54 Å². The summed E-state index contributed by atoms with van der Waals surface area (Å²) in [6, 6.07) is 12.3. The summed E-state index contributed by atoms with van der Waals surface area (Å²) >= 11 is 0. The smallest absolute Gasteiger partial charge is 0.115 e. The zero-order chi connectivity index (χ0) is 15.5. The number of aromatic nitrogens is 1. The third-order valence-electron chi connectivity index (χ3n) is 4.53. The maximum absolute atomic E-state index is 9.89. The maximum atomic E-state index is 9.89. The van der Waals surface area contributed by atoms with E-state index in [0.29, 0.717) is 11.7 Å². The van der Waals surface area contributed by atoms with E-state index >= 15 is 0 Å². The number of phenols is 1. The highest BCUT2D eigenvalue weighted by molar-refractivity contribution is 5.35. The number of hydrogen-bond acceptors (Lipinski definition) is 2. The Morgan fingerprint density at radius 1 is 1.18 bits per heavy atom. The van der Waals surface area contributed by atoms with Crippen LogP contribution in [0.5, 0.6) is 5.75 Å². The summed E-state index contributed by atoms with van der Waals surface area (Å²) in [6.45, 7) is 7.85. The molecule has 3 nitrogen and oxygen atoms in total. The lowest BCUT2D eigenvalue weighted by molar-refractivity contribution is 0.216. The molecular weight excluding hydrogens is 272 g/mol. The molecule has 22 heavy (non-hydrogen) atoms. The van der Waals surface area contributed by atoms with Gasteiger partial charge in [0, 0.05) is 25.0 Å². The van der Waals surface area contributed by atoms with Crippen LogP contribution in [-0.4, -0.2) is 27.7 Å². The molecule has 0 saturated heterocycles. The molecule has 0 amide bonds. The van der Waals surface area contributed by atoms with E-state index < -0.39 is 0 Å². The minimum Gasteiger partial charge on any atom is -0.508 e. The first-order valence-electron chi connectivity index (χ1n) is 8.33. The second kappa shape index (κ2) is 6.57. The Hall–Kier alpha value is -1.74. The van der Waals surface area contributed by atoms with Crippen LogP contribution in [0.1, 0.15) is 44.0 Å². The van der Waals surface area contributed by atoms with E-state index in [1.165, 1.54) is 24.1 Å². The number of aryl methyl sites for hydroxylation is 1. The van der Waals surface area contributed by atoms with Crippen molar-refractivity contribution < 1.29 is 5.11 Å². The molecule has 1 aromatic carbocycles. The molecule has 0 fully saturated rings. The zero-order valence-electron chi connectivity index (χ0n) is 13.6. The molecule has 0 radical (unpaired) electrons. The minimum absolute atomic E-state index is 0.239. The second-order valence-corrected chi connectivity index (χ2v) is 6.70. The average Bonchev–Trinajstić information content (AvgIpc) is 2.86. The maximum Gasteiger partial charge on any atom is 0.115 e. The highest BCUT2D eigenvalue weighted by atomic mass is 16.3. The van der Waals surface area contributed by atoms with Crippen LogP contribution in [0.4, 0.5) is 0 Å². The Morgan fingerprint density at radius 3 is 2.82 bits per heavy atom. The number of aromatic hydroxyl groups is 1. The fraction of sp³-hybridized carbons (Fsp3) is 0.474. The molecule has 0 aliphatic carbocycles. The van der Waals surface area contributed by atoms with Gasteiger partial charge < -0.3 is 9.67 Å². The van der Waals surface area contributed by atoms with E-state index in [2.05, 4.69) is 47.7 Å². The summed E-state index contributed by atoms with van der Waals surface area (Å²) in [5.74, 6) is 1.06. The lowest BCUT2D eigenvalue weighted by Crippen LogP contribution is -2.31. The summed E-state index contributed by atoms with van der Waals surface area (Å²) in [5, 5.41) is 9.89. The van der Waals surface area contributed by atoms with Crippen molar-refractivity contribution in [3.8, 4) is 5.75 Å². The molecule has 1 atom stereocenters. The van der Waals surface area contributed by atoms with Crippen molar-refractivity contribution in [1.82, 2.24) is 9.47 Å². The second-order valence-electron chi connectivity index (χ2n) is 6.70. The van der Waals surface area contributed by atoms with Crippen molar-refractivity contribution in [3.63, 3.8) is 0 Å². The van der Waals surface area contributed by atoms with Gasteiger partial charge >= 0.3 is 0 Å². The monoisotopic (exact) mass is 298 g/mol. The molecule has 1 aliphatic rings. The summed E-state index contributed by atoms with van der Waals surface area (Å²) in [4.78, 5) is 2.58. The Labute approximate surface area is 133 Å². The Kier molecular flexibility index (Phi) is 4.53. The predicted molar refractivity (Wildman–Crippen MR) is 90.0 cm³/mol. The number of benzene rings is 1. The van der Waals surface area contributed by atoms with Crippen LogP contribution < -0.4 is 0 Å². The molecule has 3 heteroatoms. The number of rotatable bonds is 4. The topological polar surface area (TPSA) is 28.4 Å². The van der Waals surface area contributed by atoms with Gasteiger partial charge in [-0.1, -0.05) is 26.0 Å². The molecule has 1 aromatic heterocycles. The first-order chi connectivity index (χ1) is 10.6. The van der Waals surface area contributed by atoms with Crippen LogP contribution in [0.15, 0.2) is 42.6 Å². The van der Waals surface area contributed by atoms with Gasteiger partial charge in [-0.15, -0.1) is 0 Å². The van der Waals surface area contributed by atoms with Gasteiger partial charge in [0.1, 0.15) is 5.75 Å². The van der Waals surface area contributed by atoms with E-state index in [-0.39, 0.29) is 6.04 Å². The summed E-state index contributed by atoms with van der Waals surface area (Å²) in [5.41, 5.74) is 2.53. The van der Waals surface area contributed by atoms with E-state index in [1.807, 2.05) is 12.1 Å². The number of fused-ring (bicyclic) bond motifs is 1. The van der Waals surface area contributed by atoms with Crippen molar-refractivity contribution in [2.45, 2.75) is 39.3 Å². The highest BCUT2D eigenvalue weighted by Crippen LogP contribution is 2.33. The molecule has 1 aliphatic heterocycles. The van der Waals surface area contributed by atoms with Gasteiger partial charge in [0.25, 0.3) is 0 Å². The lowest BCUT2D eigenvalue weighted by atomic mass is 10.0. The Morgan fingerprint density at radius 2 is 2.05 bits per heavy atom. The highest BCUT2D eigenvalue weighted by Gasteiger charge is 2.27. The van der Waals surface area contributed by atoms with Crippen LogP contribution >= 0.6 is 0 Å². The molecule has 118 valence electrons. The molecule has 2 aromatic rings. The molecule has 1 unspecified atom stereocenters. The first kappa shape index (κ1) is 15.2. The lowest BCUT2D eigenvalue weighted by Gasteiger charge is -2.31. The summed E-state index contributed by atoms with van der Waals surface area (Å²) in [7, 11) is 0. The van der Waals surface area contributed by atoms with Crippen molar-refractivity contribution in [3.05, 3.63) is 53.9 Å². The normalized spacial score (nSPS) is 19.1. The van der Waals surface area contributed by atoms with Crippen LogP contribution in [0.25, 0.3) is 0 Å². The molecular formula is C19H26N2O. The van der Waals surface area contributed by atoms with Crippen molar-refractivity contribution in [2.24, 2.45) is 5.92 Å². The molecule has 1 N–H and O–H groups in total. The van der Waals surface area contributed by atoms with E-state index in [4.69, 9.17) is 0 Å². The van der Waals surface area contributed by atoms with Gasteiger partial charge in [0.05, 0.1) is 6.04 Å². The molecule has 0 saturated carbocycles. The van der Waals surface area contributed by atoms with Crippen molar-refractivity contribution in [2.75, 3.05) is 13.1 Å². The van der Waals surface area contributed by atoms with Gasteiger partial charge in [-0.3, -0.25) is 4.90 Å². The van der Waals surface area contributed by atoms with Gasteiger partial charge in [-0.05, 0) is 55.1 Å². The minimum atomic E-state index is 0.239. The summed E-state index contributed by atoms with van der Waals surface area (Å²) in [6.07, 6.45) is 4.56. The van der Waals surface area contributed by atoms with Crippen LogP contribution in [0.3, 0.4) is 0 Å². The number of nitrogens with zero attached hydrogens (tertiary/aromatic N) is 2. The molecule has 0 spiro atoms. The summed E-state index contributed by atoms with van der Waals surface area (Å²) < 4.78 is 2.37. The Balaban J connectivity index is 1.97. The quantitative estimate of drug-likeness (QED) is 0.923. The van der Waals surface area contributed by atoms with Gasteiger partial charge in [0.15, 0.2) is 0 Å². The van der Waals surface area contributed by atoms with Gasteiger partial charge in [0.2, 0.25) is 0 Å². The van der Waals surface area contributed by atoms with Crippen molar-refractivity contribution in [1.29, 1.82) is 0 Å². The zero-order valence-corrected chi connectivity index (χ0v) is 13.6. The third kappa shape index (κ3) is 3.20. The largest absolute Gasteiger partial charge is 0.508 e. The molecule has 0 bridgehead atoms. The predicted octanol–water partition coefficient (Wildman–Crippen LogP) is 4.03. The average molecular weight is 298 g/mol. The molecule has 3 rings (SSSR count). The SMILES string of the molecule is CC(C)CCN1CCCn2cccc2C1c1cccc(O)c1. The van der Waals surface area contributed by atoms with Crippen LogP contribution in [0.2, 0.25) is 0 Å². The number of hydrogen-bond donors (Lipinski definition) is 1. The standard InChI is InChI=1S/C19H26N2O/c1-15(2)9-13-21-12-5-11-20-10-4-8-18(20)19(21)16-6-3-7-17(22)14-16/h3-4,6-8,10,14-15,19,22H,5,9,11-13H2,1-2H3. The third-order valence-corrected chi connectivity index (χ3v) is 4.53.